The molecule has 0 aromatic rings. The number of ether oxygens (including phenoxy) is 2. The lowest BCUT2D eigenvalue weighted by Gasteiger charge is -2.29. The van der Waals surface area contributed by atoms with Crippen molar-refractivity contribution in [3.05, 3.63) is 0 Å². The minimum Gasteiger partial charge on any atom is -0.393 e. The Bertz CT molecular complexity index is 310. The molecule has 14 heavy (non-hydrogen) atoms. The number of esters is 4. The van der Waals surface area contributed by atoms with Gasteiger partial charge in [0.25, 0.3) is 0 Å². The Kier molecular flexibility index (Phi) is 1.83. The van der Waals surface area contributed by atoms with E-state index in [-0.39, 0.29) is 12.8 Å². The molecule has 2 atom stereocenters. The molecule has 0 spiro atoms. The lowest BCUT2D eigenvalue weighted by Crippen LogP contribution is -2.45. The van der Waals surface area contributed by atoms with Crippen LogP contribution >= 0.6 is 0 Å². The third-order valence-corrected chi connectivity index (χ3v) is 2.29. The van der Waals surface area contributed by atoms with Gasteiger partial charge in [0.1, 0.15) is 0 Å². The van der Waals surface area contributed by atoms with Crippen LogP contribution in [0.15, 0.2) is 0 Å². The fourth-order valence-electron chi connectivity index (χ4n) is 1.60. The molecule has 0 aromatic carbocycles. The highest BCUT2D eigenvalue weighted by Crippen LogP contribution is 2.31. The van der Waals surface area contributed by atoms with E-state index in [2.05, 4.69) is 9.47 Å². The van der Waals surface area contributed by atoms with Gasteiger partial charge in [-0.2, -0.15) is 0 Å². The number of hydrogen-bond donors (Lipinski definition) is 0. The molecule has 0 aliphatic carbocycles. The van der Waals surface area contributed by atoms with Crippen molar-refractivity contribution in [2.75, 3.05) is 0 Å². The van der Waals surface area contributed by atoms with E-state index in [0.717, 1.165) is 0 Å². The molecule has 6 nitrogen and oxygen atoms in total. The molecule has 0 radical (unpaired) electrons. The summed E-state index contributed by atoms with van der Waals surface area (Å²) in [6.07, 6.45) is -0.384. The van der Waals surface area contributed by atoms with Crippen LogP contribution in [0.4, 0.5) is 0 Å². The normalized spacial score (nSPS) is 32.0. The Hall–Kier alpha value is -1.72. The Morgan fingerprint density at radius 2 is 1.14 bits per heavy atom. The van der Waals surface area contributed by atoms with Crippen LogP contribution in [0.25, 0.3) is 0 Å². The molecule has 2 heterocycles. The molecule has 2 fully saturated rings. The lowest BCUT2D eigenvalue weighted by atomic mass is 9.83. The molecule has 2 aliphatic heterocycles. The second kappa shape index (κ2) is 2.90. The zero-order chi connectivity index (χ0) is 10.3. The van der Waals surface area contributed by atoms with Crippen LogP contribution in [0.5, 0.6) is 0 Å². The summed E-state index contributed by atoms with van der Waals surface area (Å²) in [5.41, 5.74) is 0. The molecule has 2 saturated heterocycles. The summed E-state index contributed by atoms with van der Waals surface area (Å²) < 4.78 is 8.63. The number of cyclic esters (lactones) is 4. The number of hydrogen-bond acceptors (Lipinski definition) is 6. The van der Waals surface area contributed by atoms with Crippen molar-refractivity contribution in [3.63, 3.8) is 0 Å². The average molecular weight is 198 g/mol. The summed E-state index contributed by atoms with van der Waals surface area (Å²) in [5, 5.41) is 0. The van der Waals surface area contributed by atoms with E-state index in [1.807, 2.05) is 0 Å². The van der Waals surface area contributed by atoms with Crippen molar-refractivity contribution in [2.45, 2.75) is 12.8 Å². The summed E-state index contributed by atoms with van der Waals surface area (Å²) in [6, 6.07) is 0. The van der Waals surface area contributed by atoms with E-state index in [1.165, 1.54) is 0 Å². The fourth-order valence-corrected chi connectivity index (χ4v) is 1.60. The minimum atomic E-state index is -0.846. The smallest absolute Gasteiger partial charge is 0.318 e. The monoisotopic (exact) mass is 198 g/mol. The van der Waals surface area contributed by atoms with Gasteiger partial charge in [0.05, 0.1) is 24.7 Å². The second-order valence-corrected chi connectivity index (χ2v) is 3.21. The van der Waals surface area contributed by atoms with Gasteiger partial charge in [-0.05, 0) is 0 Å². The average Bonchev–Trinajstić information content (AvgIpc) is 2.07. The van der Waals surface area contributed by atoms with Gasteiger partial charge < -0.3 is 9.47 Å². The van der Waals surface area contributed by atoms with Crippen LogP contribution in [0.2, 0.25) is 0 Å². The van der Waals surface area contributed by atoms with E-state index in [1.54, 1.807) is 0 Å². The minimum absolute atomic E-state index is 0.192. The highest BCUT2D eigenvalue weighted by atomic mass is 16.6. The number of fused-ring (bicyclic) bond motifs is 1. The van der Waals surface area contributed by atoms with Crippen LogP contribution in [0, 0.1) is 11.8 Å². The summed E-state index contributed by atoms with van der Waals surface area (Å²) in [7, 11) is 0. The van der Waals surface area contributed by atoms with E-state index >= 15 is 0 Å². The van der Waals surface area contributed by atoms with Crippen molar-refractivity contribution < 1.29 is 28.7 Å². The number of carbonyl (C=O) groups excluding carboxylic acids is 4. The van der Waals surface area contributed by atoms with Gasteiger partial charge in [-0.3, -0.25) is 19.2 Å². The number of rotatable bonds is 0. The Labute approximate surface area is 78.2 Å². The van der Waals surface area contributed by atoms with Crippen LogP contribution < -0.4 is 0 Å². The zero-order valence-corrected chi connectivity index (χ0v) is 7.02. The summed E-state index contributed by atoms with van der Waals surface area (Å²) in [4.78, 5) is 43.9. The fraction of sp³-hybridized carbons (Fsp3) is 0.500. The predicted octanol–water partition coefficient (Wildman–Crippen LogP) is -0.834. The van der Waals surface area contributed by atoms with E-state index in [4.69, 9.17) is 0 Å². The Morgan fingerprint density at radius 1 is 0.786 bits per heavy atom. The first kappa shape index (κ1) is 8.86. The molecule has 0 amide bonds. The van der Waals surface area contributed by atoms with E-state index < -0.39 is 35.7 Å². The molecular formula is C8H6O6. The van der Waals surface area contributed by atoms with Crippen molar-refractivity contribution >= 4 is 23.9 Å². The zero-order valence-electron chi connectivity index (χ0n) is 7.02. The van der Waals surface area contributed by atoms with Crippen LogP contribution in [-0.2, 0) is 28.7 Å². The van der Waals surface area contributed by atoms with Gasteiger partial charge in [0.2, 0.25) is 0 Å². The Morgan fingerprint density at radius 3 is 1.50 bits per heavy atom. The van der Waals surface area contributed by atoms with Gasteiger partial charge >= 0.3 is 23.9 Å². The molecule has 0 aromatic heterocycles. The van der Waals surface area contributed by atoms with Crippen molar-refractivity contribution in [3.8, 4) is 0 Å². The topological polar surface area (TPSA) is 86.7 Å². The van der Waals surface area contributed by atoms with Gasteiger partial charge in [0.15, 0.2) is 0 Å². The maximum atomic E-state index is 11.1. The molecule has 0 bridgehead atoms. The maximum absolute atomic E-state index is 11.1. The summed E-state index contributed by atoms with van der Waals surface area (Å²) in [6.45, 7) is 0. The van der Waals surface area contributed by atoms with Crippen molar-refractivity contribution in [1.82, 2.24) is 0 Å². The van der Waals surface area contributed by atoms with Gasteiger partial charge in [-0.25, -0.2) is 0 Å². The summed E-state index contributed by atoms with van der Waals surface area (Å²) >= 11 is 0. The first-order valence-corrected chi connectivity index (χ1v) is 4.07. The molecular weight excluding hydrogens is 192 g/mol. The van der Waals surface area contributed by atoms with E-state index in [9.17, 15) is 19.2 Å². The molecule has 0 saturated carbocycles. The van der Waals surface area contributed by atoms with Gasteiger partial charge in [-0.15, -0.1) is 0 Å². The first-order chi connectivity index (χ1) is 6.58. The SMILES string of the molecule is O=C1C[C@H]2C(=O)OC(=O)CC2C(=O)O1. The van der Waals surface area contributed by atoms with Crippen LogP contribution in [-0.4, -0.2) is 23.9 Å². The predicted molar refractivity (Wildman–Crippen MR) is 38.4 cm³/mol. The molecule has 6 heteroatoms. The molecule has 74 valence electrons. The largest absolute Gasteiger partial charge is 0.393 e. The van der Waals surface area contributed by atoms with Crippen LogP contribution in [0.3, 0.4) is 0 Å². The standard InChI is InChI=1S/C8H6O6/c9-5-1-3-4(8(12)13-5)2-6(10)14-7(3)11/h3-4H,1-2H2/t3-,4?/m1/s1. The van der Waals surface area contributed by atoms with Crippen LogP contribution in [0.1, 0.15) is 12.8 Å². The Balaban J connectivity index is 2.26. The van der Waals surface area contributed by atoms with Gasteiger partial charge in [0, 0.05) is 0 Å². The molecule has 1 unspecified atom stereocenters. The van der Waals surface area contributed by atoms with E-state index in [0.29, 0.717) is 0 Å². The third-order valence-electron chi connectivity index (χ3n) is 2.29. The highest BCUT2D eigenvalue weighted by molar-refractivity contribution is 6.01. The first-order valence-electron chi connectivity index (χ1n) is 4.07. The second-order valence-electron chi connectivity index (χ2n) is 3.21. The summed E-state index contributed by atoms with van der Waals surface area (Å²) in [5.74, 6) is -4.81. The quantitative estimate of drug-likeness (QED) is 0.372. The molecule has 0 N–H and O–H groups in total. The third kappa shape index (κ3) is 1.28. The maximum Gasteiger partial charge on any atom is 0.318 e. The van der Waals surface area contributed by atoms with Crippen molar-refractivity contribution in [2.24, 2.45) is 11.8 Å². The van der Waals surface area contributed by atoms with Crippen molar-refractivity contribution in [1.29, 1.82) is 0 Å². The number of carbonyl (C=O) groups is 4. The molecule has 2 rings (SSSR count). The van der Waals surface area contributed by atoms with Gasteiger partial charge in [-0.1, -0.05) is 0 Å². The lowest BCUT2D eigenvalue weighted by molar-refractivity contribution is -0.187. The molecule has 2 aliphatic rings. The highest BCUT2D eigenvalue weighted by Gasteiger charge is 2.48.